The number of nitrogens with zero attached hydrogens (tertiary/aromatic N) is 6. The van der Waals surface area contributed by atoms with Crippen LogP contribution in [0.1, 0.15) is 44.1 Å². The molecule has 0 bridgehead atoms. The van der Waals surface area contributed by atoms with Gasteiger partial charge in [-0.25, -0.2) is 9.67 Å². The van der Waals surface area contributed by atoms with Crippen LogP contribution in [-0.2, 0) is 19.5 Å². The second-order valence-corrected chi connectivity index (χ2v) is 8.91. The standard InChI is InChI=1S/C28H27ClN6O.C2H6/c1-3-9-25-30-26(29)28(36-2)34(25)18-21-14-16-22(17-15-21)23-12-7-8-13-24(23)27-31-32-33-35(27)19-20-10-5-4-6-11-20;1-2/h4-8,10-17H,3,9,18-19H2,1-2H3;1-2H3. The number of benzene rings is 3. The highest BCUT2D eigenvalue weighted by Gasteiger charge is 2.17. The monoisotopic (exact) mass is 528 g/mol. The molecule has 0 atom stereocenters. The lowest BCUT2D eigenvalue weighted by Crippen LogP contribution is -2.07. The highest BCUT2D eigenvalue weighted by atomic mass is 35.5. The van der Waals surface area contributed by atoms with Gasteiger partial charge in [0.1, 0.15) is 5.82 Å². The van der Waals surface area contributed by atoms with Gasteiger partial charge < -0.3 is 4.74 Å². The number of hydrogen-bond acceptors (Lipinski definition) is 5. The molecule has 0 unspecified atom stereocenters. The Morgan fingerprint density at radius 2 is 1.47 bits per heavy atom. The third kappa shape index (κ3) is 5.94. The molecule has 0 aliphatic rings. The topological polar surface area (TPSA) is 70.7 Å². The van der Waals surface area contributed by atoms with Crippen molar-refractivity contribution in [1.29, 1.82) is 0 Å². The fraction of sp³-hybridized carbons (Fsp3) is 0.267. The van der Waals surface area contributed by atoms with Crippen molar-refractivity contribution in [3.8, 4) is 28.4 Å². The van der Waals surface area contributed by atoms with E-state index in [4.69, 9.17) is 16.3 Å². The number of imidazole rings is 1. The van der Waals surface area contributed by atoms with Crippen molar-refractivity contribution >= 4 is 11.6 Å². The van der Waals surface area contributed by atoms with Gasteiger partial charge in [-0.15, -0.1) is 5.10 Å². The number of halogens is 1. The molecule has 2 aromatic heterocycles. The van der Waals surface area contributed by atoms with Crippen molar-refractivity contribution in [1.82, 2.24) is 29.8 Å². The molecule has 38 heavy (non-hydrogen) atoms. The van der Waals surface area contributed by atoms with Crippen LogP contribution in [0.2, 0.25) is 5.15 Å². The Balaban J connectivity index is 0.00000164. The van der Waals surface area contributed by atoms with Gasteiger partial charge in [-0.3, -0.25) is 4.57 Å². The van der Waals surface area contributed by atoms with E-state index in [1.807, 2.05) is 53.4 Å². The van der Waals surface area contributed by atoms with Crippen molar-refractivity contribution < 1.29 is 4.74 Å². The number of rotatable bonds is 9. The number of tetrazole rings is 1. The summed E-state index contributed by atoms with van der Waals surface area (Å²) < 4.78 is 9.41. The Morgan fingerprint density at radius 1 is 0.816 bits per heavy atom. The van der Waals surface area contributed by atoms with Crippen LogP contribution in [0.25, 0.3) is 22.5 Å². The molecule has 0 amide bonds. The SMILES string of the molecule is CC.CCCc1nc(Cl)c(OC)n1Cc1ccc(-c2ccccc2-c2nnnn2Cc2ccccc2)cc1. The molecule has 0 fully saturated rings. The van der Waals surface area contributed by atoms with Crippen molar-refractivity contribution in [2.45, 2.75) is 46.7 Å². The number of hydrogen-bond donors (Lipinski definition) is 0. The summed E-state index contributed by atoms with van der Waals surface area (Å²) in [7, 11) is 1.63. The van der Waals surface area contributed by atoms with Gasteiger partial charge in [0.2, 0.25) is 5.88 Å². The average Bonchev–Trinajstić information content (AvgIpc) is 3.54. The highest BCUT2D eigenvalue weighted by molar-refractivity contribution is 6.30. The molecule has 0 aliphatic heterocycles. The van der Waals surface area contributed by atoms with Crippen molar-refractivity contribution in [2.24, 2.45) is 0 Å². The van der Waals surface area contributed by atoms with Gasteiger partial charge in [-0.05, 0) is 39.1 Å². The molecule has 5 rings (SSSR count). The van der Waals surface area contributed by atoms with Gasteiger partial charge in [-0.2, -0.15) is 0 Å². The van der Waals surface area contributed by atoms with Crippen molar-refractivity contribution in [2.75, 3.05) is 7.11 Å². The lowest BCUT2D eigenvalue weighted by atomic mass is 9.98. The van der Waals surface area contributed by atoms with Crippen LogP contribution in [0.4, 0.5) is 0 Å². The third-order valence-corrected chi connectivity index (χ3v) is 6.35. The van der Waals surface area contributed by atoms with E-state index in [-0.39, 0.29) is 0 Å². The number of aryl methyl sites for hydroxylation is 1. The molecule has 5 aromatic rings. The Labute approximate surface area is 229 Å². The number of ether oxygens (including phenoxy) is 1. The molecule has 3 aromatic carbocycles. The molecule has 0 saturated heterocycles. The Hall–Kier alpha value is -3.97. The highest BCUT2D eigenvalue weighted by Crippen LogP contribution is 2.32. The zero-order valence-corrected chi connectivity index (χ0v) is 23.1. The Morgan fingerprint density at radius 3 is 2.16 bits per heavy atom. The summed E-state index contributed by atoms with van der Waals surface area (Å²) in [5.41, 5.74) is 5.43. The molecular weight excluding hydrogens is 496 g/mol. The van der Waals surface area contributed by atoms with E-state index in [2.05, 4.69) is 76.0 Å². The number of methoxy groups -OCH3 is 1. The lowest BCUT2D eigenvalue weighted by Gasteiger charge is -2.13. The fourth-order valence-corrected chi connectivity index (χ4v) is 4.66. The fourth-order valence-electron chi connectivity index (χ4n) is 4.38. The first-order valence-electron chi connectivity index (χ1n) is 13.0. The third-order valence-electron chi connectivity index (χ3n) is 6.11. The van der Waals surface area contributed by atoms with Crippen molar-refractivity contribution in [3.63, 3.8) is 0 Å². The maximum atomic E-state index is 6.31. The summed E-state index contributed by atoms with van der Waals surface area (Å²) in [5.74, 6) is 2.26. The molecule has 0 aliphatic carbocycles. The molecule has 0 N–H and O–H groups in total. The Kier molecular flexibility index (Phi) is 9.27. The first-order chi connectivity index (χ1) is 18.7. The Bertz CT molecular complexity index is 1440. The van der Waals surface area contributed by atoms with Crippen LogP contribution in [0.3, 0.4) is 0 Å². The number of aromatic nitrogens is 6. The minimum absolute atomic E-state index is 0.403. The summed E-state index contributed by atoms with van der Waals surface area (Å²) in [6.45, 7) is 7.36. The molecule has 2 heterocycles. The molecular formula is C30H33ClN6O. The van der Waals surface area contributed by atoms with E-state index in [0.29, 0.717) is 24.1 Å². The van der Waals surface area contributed by atoms with Gasteiger partial charge in [0.05, 0.1) is 20.2 Å². The smallest absolute Gasteiger partial charge is 0.233 e. The summed E-state index contributed by atoms with van der Waals surface area (Å²) >= 11 is 6.31. The van der Waals surface area contributed by atoms with Crippen LogP contribution in [0.15, 0.2) is 78.9 Å². The van der Waals surface area contributed by atoms with Crippen LogP contribution < -0.4 is 4.74 Å². The quantitative estimate of drug-likeness (QED) is 0.207. The normalized spacial score (nSPS) is 10.7. The van der Waals surface area contributed by atoms with Crippen LogP contribution in [0.5, 0.6) is 5.88 Å². The van der Waals surface area contributed by atoms with E-state index in [1.54, 1.807) is 7.11 Å². The second kappa shape index (κ2) is 13.0. The van der Waals surface area contributed by atoms with E-state index in [0.717, 1.165) is 52.3 Å². The first-order valence-corrected chi connectivity index (χ1v) is 13.3. The van der Waals surface area contributed by atoms with Crippen molar-refractivity contribution in [3.05, 3.63) is 101 Å². The first kappa shape index (κ1) is 27.1. The van der Waals surface area contributed by atoms with Gasteiger partial charge in [-0.1, -0.05) is 111 Å². The summed E-state index contributed by atoms with van der Waals surface area (Å²) in [6, 6.07) is 26.9. The van der Waals surface area contributed by atoms with Crippen LogP contribution >= 0.6 is 11.6 Å². The van der Waals surface area contributed by atoms with Gasteiger partial charge in [0.15, 0.2) is 11.0 Å². The molecule has 0 radical (unpaired) electrons. The zero-order valence-electron chi connectivity index (χ0n) is 22.3. The second-order valence-electron chi connectivity index (χ2n) is 8.55. The van der Waals surface area contributed by atoms with Gasteiger partial charge in [0, 0.05) is 12.0 Å². The average molecular weight is 529 g/mol. The predicted molar refractivity (Wildman–Crippen MR) is 152 cm³/mol. The largest absolute Gasteiger partial charge is 0.480 e. The summed E-state index contributed by atoms with van der Waals surface area (Å²) in [5, 5.41) is 13.0. The minimum atomic E-state index is 0.403. The zero-order chi connectivity index (χ0) is 26.9. The molecule has 8 heteroatoms. The predicted octanol–water partition coefficient (Wildman–Crippen LogP) is 6.94. The summed E-state index contributed by atoms with van der Waals surface area (Å²) in [6.07, 6.45) is 1.82. The lowest BCUT2D eigenvalue weighted by molar-refractivity contribution is 0.374. The molecule has 0 spiro atoms. The van der Waals surface area contributed by atoms with Gasteiger partial charge in [0.25, 0.3) is 0 Å². The maximum absolute atomic E-state index is 6.31. The molecule has 7 nitrogen and oxygen atoms in total. The van der Waals surface area contributed by atoms with E-state index in [9.17, 15) is 0 Å². The van der Waals surface area contributed by atoms with E-state index < -0.39 is 0 Å². The van der Waals surface area contributed by atoms with E-state index >= 15 is 0 Å². The van der Waals surface area contributed by atoms with Gasteiger partial charge >= 0.3 is 0 Å². The maximum Gasteiger partial charge on any atom is 0.233 e. The minimum Gasteiger partial charge on any atom is -0.480 e. The summed E-state index contributed by atoms with van der Waals surface area (Å²) in [4.78, 5) is 4.49. The molecule has 0 saturated carbocycles. The van der Waals surface area contributed by atoms with Crippen LogP contribution in [-0.4, -0.2) is 36.9 Å². The van der Waals surface area contributed by atoms with Crippen LogP contribution in [0, 0.1) is 0 Å². The van der Waals surface area contributed by atoms with E-state index in [1.165, 1.54) is 0 Å². The molecule has 196 valence electrons.